The molecule has 1 fully saturated rings. The highest BCUT2D eigenvalue weighted by atomic mass is 16.5. The van der Waals surface area contributed by atoms with Gasteiger partial charge in [0, 0.05) is 31.9 Å². The molecule has 1 saturated heterocycles. The molecule has 114 valence electrons. The molecule has 2 rings (SSSR count). The number of anilines is 1. The number of amides is 1. The molecule has 1 heterocycles. The predicted molar refractivity (Wildman–Crippen MR) is 81.5 cm³/mol. The molecular formula is C16H22N2O3. The lowest BCUT2D eigenvalue weighted by atomic mass is 9.86. The molecule has 1 aromatic carbocycles. The number of rotatable bonds is 4. The third-order valence-electron chi connectivity index (χ3n) is 4.01. The molecule has 21 heavy (non-hydrogen) atoms. The molecule has 0 bridgehead atoms. The van der Waals surface area contributed by atoms with Crippen LogP contribution in [-0.4, -0.2) is 49.6 Å². The number of nitrogens with zero attached hydrogens (tertiary/aromatic N) is 2. The van der Waals surface area contributed by atoms with Crippen LogP contribution in [0.5, 0.6) is 0 Å². The highest BCUT2D eigenvalue weighted by molar-refractivity contribution is 5.99. The summed E-state index contributed by atoms with van der Waals surface area (Å²) in [6.07, 6.45) is 0.646. The molecule has 5 nitrogen and oxygen atoms in total. The average Bonchev–Trinajstić information content (AvgIpc) is 2.45. The van der Waals surface area contributed by atoms with E-state index in [1.165, 1.54) is 0 Å². The van der Waals surface area contributed by atoms with Crippen LogP contribution in [0.1, 0.15) is 30.6 Å². The Kier molecular flexibility index (Phi) is 4.21. The Labute approximate surface area is 125 Å². The van der Waals surface area contributed by atoms with Gasteiger partial charge in [0.05, 0.1) is 6.61 Å². The molecule has 1 atom stereocenters. The summed E-state index contributed by atoms with van der Waals surface area (Å²) in [5.41, 5.74) is 0.798. The number of ether oxygens (including phenoxy) is 1. The third-order valence-corrected chi connectivity index (χ3v) is 4.01. The Morgan fingerprint density at radius 1 is 1.29 bits per heavy atom. The van der Waals surface area contributed by atoms with Gasteiger partial charge >= 0.3 is 5.97 Å². The van der Waals surface area contributed by atoms with Gasteiger partial charge in [-0.25, -0.2) is 4.79 Å². The molecule has 1 amide bonds. The van der Waals surface area contributed by atoms with E-state index < -0.39 is 5.54 Å². The largest absolute Gasteiger partial charge is 0.464 e. The van der Waals surface area contributed by atoms with Crippen LogP contribution in [0.15, 0.2) is 24.3 Å². The van der Waals surface area contributed by atoms with Crippen molar-refractivity contribution >= 4 is 17.6 Å². The van der Waals surface area contributed by atoms with E-state index in [2.05, 4.69) is 0 Å². The quantitative estimate of drug-likeness (QED) is 0.795. The fourth-order valence-electron chi connectivity index (χ4n) is 2.44. The standard InChI is InChI=1S/C16H22N2O3/c1-5-21-15(20)16(2)10-11-18(16)14(19)12-6-8-13(9-7-12)17(3)4/h6-9H,5,10-11H2,1-4H3. The van der Waals surface area contributed by atoms with E-state index in [-0.39, 0.29) is 11.9 Å². The number of hydrogen-bond acceptors (Lipinski definition) is 4. The topological polar surface area (TPSA) is 49.9 Å². The number of esters is 1. The van der Waals surface area contributed by atoms with Crippen molar-refractivity contribution in [1.29, 1.82) is 0 Å². The summed E-state index contributed by atoms with van der Waals surface area (Å²) in [5, 5.41) is 0. The summed E-state index contributed by atoms with van der Waals surface area (Å²) >= 11 is 0. The predicted octanol–water partition coefficient (Wildman–Crippen LogP) is 1.92. The van der Waals surface area contributed by atoms with Gasteiger partial charge in [-0.15, -0.1) is 0 Å². The van der Waals surface area contributed by atoms with E-state index in [1.54, 1.807) is 30.9 Å². The normalized spacial score (nSPS) is 20.7. The molecule has 1 aliphatic heterocycles. The van der Waals surface area contributed by atoms with Crippen LogP contribution in [-0.2, 0) is 9.53 Å². The maximum absolute atomic E-state index is 12.5. The van der Waals surface area contributed by atoms with Gasteiger partial charge in [-0.1, -0.05) is 0 Å². The number of carbonyl (C=O) groups is 2. The molecular weight excluding hydrogens is 268 g/mol. The van der Waals surface area contributed by atoms with Crippen LogP contribution < -0.4 is 4.90 Å². The molecule has 0 aliphatic carbocycles. The smallest absolute Gasteiger partial charge is 0.331 e. The van der Waals surface area contributed by atoms with Crippen molar-refractivity contribution in [1.82, 2.24) is 4.90 Å². The second-order valence-corrected chi connectivity index (χ2v) is 5.64. The first-order valence-corrected chi connectivity index (χ1v) is 7.16. The number of carbonyl (C=O) groups excluding carboxylic acids is 2. The lowest BCUT2D eigenvalue weighted by molar-refractivity contribution is -0.162. The first-order valence-electron chi connectivity index (χ1n) is 7.16. The van der Waals surface area contributed by atoms with Crippen LogP contribution in [0.4, 0.5) is 5.69 Å². The van der Waals surface area contributed by atoms with Gasteiger partial charge in [0.1, 0.15) is 5.54 Å². The molecule has 5 heteroatoms. The van der Waals surface area contributed by atoms with Gasteiger partial charge in [-0.05, 0) is 44.5 Å². The maximum atomic E-state index is 12.5. The van der Waals surface area contributed by atoms with Crippen molar-refractivity contribution in [2.24, 2.45) is 0 Å². The Bertz CT molecular complexity index is 539. The summed E-state index contributed by atoms with van der Waals surface area (Å²) in [5.74, 6) is -0.448. The molecule has 0 N–H and O–H groups in total. The number of likely N-dealkylation sites (tertiary alicyclic amines) is 1. The minimum atomic E-state index is -0.826. The zero-order chi connectivity index (χ0) is 15.6. The van der Waals surface area contributed by atoms with Crippen molar-refractivity contribution in [2.45, 2.75) is 25.8 Å². The SMILES string of the molecule is CCOC(=O)C1(C)CCN1C(=O)c1ccc(N(C)C)cc1. The van der Waals surface area contributed by atoms with Gasteiger partial charge in [0.25, 0.3) is 5.91 Å². The molecule has 0 saturated carbocycles. The van der Waals surface area contributed by atoms with Gasteiger partial charge < -0.3 is 14.5 Å². The fourth-order valence-corrected chi connectivity index (χ4v) is 2.44. The van der Waals surface area contributed by atoms with Crippen LogP contribution >= 0.6 is 0 Å². The molecule has 1 aromatic rings. The lowest BCUT2D eigenvalue weighted by Gasteiger charge is -2.48. The zero-order valence-electron chi connectivity index (χ0n) is 13.0. The average molecular weight is 290 g/mol. The van der Waals surface area contributed by atoms with E-state index in [0.29, 0.717) is 25.1 Å². The van der Waals surface area contributed by atoms with E-state index in [0.717, 1.165) is 5.69 Å². The minimum absolute atomic E-state index is 0.123. The van der Waals surface area contributed by atoms with Gasteiger partial charge in [0.2, 0.25) is 0 Å². The molecule has 0 radical (unpaired) electrons. The Hall–Kier alpha value is -2.04. The Morgan fingerprint density at radius 2 is 1.90 bits per heavy atom. The second kappa shape index (κ2) is 5.76. The van der Waals surface area contributed by atoms with Crippen LogP contribution in [0.25, 0.3) is 0 Å². The number of benzene rings is 1. The summed E-state index contributed by atoms with van der Waals surface area (Å²) in [6, 6.07) is 7.38. The monoisotopic (exact) mass is 290 g/mol. The van der Waals surface area contributed by atoms with Crippen LogP contribution in [0.3, 0.4) is 0 Å². The van der Waals surface area contributed by atoms with Crippen molar-refractivity contribution in [3.8, 4) is 0 Å². The van der Waals surface area contributed by atoms with Gasteiger partial charge in [0.15, 0.2) is 0 Å². The highest BCUT2D eigenvalue weighted by Gasteiger charge is 2.50. The Balaban J connectivity index is 2.15. The molecule has 1 aliphatic rings. The van der Waals surface area contributed by atoms with E-state index in [4.69, 9.17) is 4.74 Å². The van der Waals surface area contributed by atoms with E-state index >= 15 is 0 Å². The summed E-state index contributed by atoms with van der Waals surface area (Å²) < 4.78 is 5.08. The van der Waals surface area contributed by atoms with E-state index in [9.17, 15) is 9.59 Å². The van der Waals surface area contributed by atoms with Crippen molar-refractivity contribution in [3.05, 3.63) is 29.8 Å². The molecule has 1 unspecified atom stereocenters. The number of hydrogen-bond donors (Lipinski definition) is 0. The fraction of sp³-hybridized carbons (Fsp3) is 0.500. The van der Waals surface area contributed by atoms with Crippen LogP contribution in [0.2, 0.25) is 0 Å². The van der Waals surface area contributed by atoms with Crippen molar-refractivity contribution < 1.29 is 14.3 Å². The van der Waals surface area contributed by atoms with Crippen LogP contribution in [0, 0.1) is 0 Å². The lowest BCUT2D eigenvalue weighted by Crippen LogP contribution is -2.65. The summed E-state index contributed by atoms with van der Waals surface area (Å²) in [6.45, 7) is 4.45. The zero-order valence-corrected chi connectivity index (χ0v) is 13.0. The molecule has 0 aromatic heterocycles. The minimum Gasteiger partial charge on any atom is -0.464 e. The first-order chi connectivity index (χ1) is 9.90. The Morgan fingerprint density at radius 3 is 2.33 bits per heavy atom. The van der Waals surface area contributed by atoms with Crippen molar-refractivity contribution in [2.75, 3.05) is 32.1 Å². The third kappa shape index (κ3) is 2.73. The first kappa shape index (κ1) is 15.4. The highest BCUT2D eigenvalue weighted by Crippen LogP contribution is 2.33. The molecule has 0 spiro atoms. The maximum Gasteiger partial charge on any atom is 0.331 e. The summed E-state index contributed by atoms with van der Waals surface area (Å²) in [4.78, 5) is 28.1. The van der Waals surface area contributed by atoms with E-state index in [1.807, 2.05) is 31.1 Å². The van der Waals surface area contributed by atoms with Gasteiger partial charge in [-0.2, -0.15) is 0 Å². The van der Waals surface area contributed by atoms with Crippen molar-refractivity contribution in [3.63, 3.8) is 0 Å². The summed E-state index contributed by atoms with van der Waals surface area (Å²) in [7, 11) is 3.90. The second-order valence-electron chi connectivity index (χ2n) is 5.64. The van der Waals surface area contributed by atoms with Gasteiger partial charge in [-0.3, -0.25) is 4.79 Å².